The lowest BCUT2D eigenvalue weighted by Crippen LogP contribution is -2.04. The molecule has 0 aliphatic carbocycles. The monoisotopic (exact) mass is 219 g/mol. The van der Waals surface area contributed by atoms with Crippen LogP contribution in [-0.4, -0.2) is 16.5 Å². The van der Waals surface area contributed by atoms with Crippen molar-refractivity contribution in [3.05, 3.63) is 27.9 Å². The molecule has 0 amide bonds. The predicted molar refractivity (Wildman–Crippen MR) is 62.2 cm³/mol. The first-order valence-electron chi connectivity index (χ1n) is 4.93. The lowest BCUT2D eigenvalue weighted by Gasteiger charge is -2.04. The number of unbranched alkanes of at least 4 members (excludes halogenated alkanes) is 1. The third-order valence-corrected chi connectivity index (χ3v) is 2.08. The molecule has 0 atom stereocenters. The molecule has 0 aliphatic heterocycles. The van der Waals surface area contributed by atoms with E-state index in [1.165, 1.54) is 12.3 Å². The average Bonchev–Trinajstić information content (AvgIpc) is 2.26. The standard InChI is InChI=1S/C11H13N3O2/c1-3-4-5-6-12-11-7-10(14(15)16)9(2)8-13-11/h1,7-8H,4-6H2,2H3,(H,12,13). The molecule has 0 bridgehead atoms. The second kappa shape index (κ2) is 5.71. The molecule has 1 heterocycles. The maximum absolute atomic E-state index is 10.7. The van der Waals surface area contributed by atoms with Gasteiger partial charge in [-0.2, -0.15) is 0 Å². The van der Waals surface area contributed by atoms with Crippen molar-refractivity contribution in [1.82, 2.24) is 4.98 Å². The molecule has 0 unspecified atom stereocenters. The third-order valence-electron chi connectivity index (χ3n) is 2.08. The first-order chi connectivity index (χ1) is 7.65. The maximum Gasteiger partial charge on any atom is 0.277 e. The van der Waals surface area contributed by atoms with Crippen molar-refractivity contribution < 1.29 is 4.92 Å². The van der Waals surface area contributed by atoms with Crippen molar-refractivity contribution in [2.24, 2.45) is 0 Å². The van der Waals surface area contributed by atoms with Crippen LogP contribution in [0.25, 0.3) is 0 Å². The van der Waals surface area contributed by atoms with Crippen molar-refractivity contribution in [2.75, 3.05) is 11.9 Å². The van der Waals surface area contributed by atoms with Crippen LogP contribution in [0.3, 0.4) is 0 Å². The molecule has 16 heavy (non-hydrogen) atoms. The van der Waals surface area contributed by atoms with Crippen LogP contribution >= 0.6 is 0 Å². The van der Waals surface area contributed by atoms with Gasteiger partial charge >= 0.3 is 0 Å². The second-order valence-corrected chi connectivity index (χ2v) is 3.35. The minimum absolute atomic E-state index is 0.0782. The average molecular weight is 219 g/mol. The lowest BCUT2D eigenvalue weighted by atomic mass is 10.2. The summed E-state index contributed by atoms with van der Waals surface area (Å²) in [5.41, 5.74) is 0.633. The zero-order valence-electron chi connectivity index (χ0n) is 9.06. The molecule has 84 valence electrons. The Balaban J connectivity index is 2.65. The molecule has 0 fully saturated rings. The molecule has 5 nitrogen and oxygen atoms in total. The Morgan fingerprint density at radius 3 is 3.06 bits per heavy atom. The second-order valence-electron chi connectivity index (χ2n) is 3.35. The highest BCUT2D eigenvalue weighted by atomic mass is 16.6. The Kier molecular flexibility index (Phi) is 4.28. The smallest absolute Gasteiger partial charge is 0.277 e. The first kappa shape index (κ1) is 12.0. The first-order valence-corrected chi connectivity index (χ1v) is 4.93. The summed E-state index contributed by atoms with van der Waals surface area (Å²) < 4.78 is 0. The zero-order chi connectivity index (χ0) is 12.0. The highest BCUT2D eigenvalue weighted by molar-refractivity contribution is 5.48. The third kappa shape index (κ3) is 3.24. The molecule has 1 rings (SSSR count). The number of nitro groups is 1. The molecule has 0 radical (unpaired) electrons. The quantitative estimate of drug-likeness (QED) is 0.356. The van der Waals surface area contributed by atoms with Crippen molar-refractivity contribution in [1.29, 1.82) is 0 Å². The normalized spacial score (nSPS) is 9.50. The number of aromatic nitrogens is 1. The van der Waals surface area contributed by atoms with Crippen molar-refractivity contribution in [3.63, 3.8) is 0 Å². The van der Waals surface area contributed by atoms with Crippen LogP contribution in [0.1, 0.15) is 18.4 Å². The summed E-state index contributed by atoms with van der Waals surface area (Å²) in [6.45, 7) is 2.32. The fourth-order valence-electron chi connectivity index (χ4n) is 1.21. The van der Waals surface area contributed by atoms with Gasteiger partial charge in [0.25, 0.3) is 5.69 Å². The molecule has 1 aromatic heterocycles. The van der Waals surface area contributed by atoms with Crippen LogP contribution in [0.5, 0.6) is 0 Å². The number of anilines is 1. The summed E-state index contributed by atoms with van der Waals surface area (Å²) in [6.07, 6.45) is 8.10. The van der Waals surface area contributed by atoms with Crippen LogP contribution in [-0.2, 0) is 0 Å². The van der Waals surface area contributed by atoms with Gasteiger partial charge in [0.2, 0.25) is 0 Å². The van der Waals surface area contributed by atoms with Crippen molar-refractivity contribution in [3.8, 4) is 12.3 Å². The van der Waals surface area contributed by atoms with E-state index < -0.39 is 4.92 Å². The molecule has 0 aliphatic rings. The minimum atomic E-state index is -0.413. The van der Waals surface area contributed by atoms with E-state index in [-0.39, 0.29) is 5.69 Å². The molecule has 0 saturated carbocycles. The van der Waals surface area contributed by atoms with Gasteiger partial charge in [0, 0.05) is 24.7 Å². The molecule has 1 aromatic rings. The molecular formula is C11H13N3O2. The Morgan fingerprint density at radius 2 is 2.44 bits per heavy atom. The van der Waals surface area contributed by atoms with Gasteiger partial charge in [-0.15, -0.1) is 12.3 Å². The van der Waals surface area contributed by atoms with Crippen LogP contribution in [0.15, 0.2) is 12.3 Å². The van der Waals surface area contributed by atoms with Crippen LogP contribution in [0.2, 0.25) is 0 Å². The fraction of sp³-hybridized carbons (Fsp3) is 0.364. The number of hydrogen-bond acceptors (Lipinski definition) is 4. The summed E-state index contributed by atoms with van der Waals surface area (Å²) in [5, 5.41) is 13.7. The SMILES string of the molecule is C#CCCCNc1cc([N+](=O)[O-])c(C)cn1. The van der Waals surface area contributed by atoms with E-state index >= 15 is 0 Å². The number of aryl methyl sites for hydroxylation is 1. The number of hydrogen-bond donors (Lipinski definition) is 1. The summed E-state index contributed by atoms with van der Waals surface area (Å²) in [5.74, 6) is 3.03. The number of rotatable bonds is 5. The van der Waals surface area contributed by atoms with Crippen LogP contribution < -0.4 is 5.32 Å². The van der Waals surface area contributed by atoms with Gasteiger partial charge < -0.3 is 5.32 Å². The Bertz CT molecular complexity index is 424. The van der Waals surface area contributed by atoms with E-state index in [4.69, 9.17) is 6.42 Å². The van der Waals surface area contributed by atoms with E-state index in [0.717, 1.165) is 6.42 Å². The van der Waals surface area contributed by atoms with Gasteiger partial charge in [0.1, 0.15) is 5.82 Å². The summed E-state index contributed by atoms with van der Waals surface area (Å²) in [4.78, 5) is 14.3. The molecule has 0 aromatic carbocycles. The molecule has 0 saturated heterocycles. The highest BCUT2D eigenvalue weighted by Gasteiger charge is 2.11. The number of nitrogens with one attached hydrogen (secondary N) is 1. The molecule has 5 heteroatoms. The highest BCUT2D eigenvalue weighted by Crippen LogP contribution is 2.19. The van der Waals surface area contributed by atoms with Gasteiger partial charge in [-0.25, -0.2) is 4.98 Å². The van der Waals surface area contributed by atoms with E-state index in [0.29, 0.717) is 24.3 Å². The van der Waals surface area contributed by atoms with Gasteiger partial charge in [-0.3, -0.25) is 10.1 Å². The molecule has 0 spiro atoms. The summed E-state index contributed by atoms with van der Waals surface area (Å²) >= 11 is 0. The fourth-order valence-corrected chi connectivity index (χ4v) is 1.21. The predicted octanol–water partition coefficient (Wildman–Crippen LogP) is 2.12. The topological polar surface area (TPSA) is 68.1 Å². The van der Waals surface area contributed by atoms with Crippen LogP contribution in [0, 0.1) is 29.4 Å². The molecular weight excluding hydrogens is 206 g/mol. The minimum Gasteiger partial charge on any atom is -0.370 e. The Morgan fingerprint density at radius 1 is 1.69 bits per heavy atom. The van der Waals surface area contributed by atoms with Crippen LogP contribution in [0.4, 0.5) is 11.5 Å². The van der Waals surface area contributed by atoms with E-state index in [9.17, 15) is 10.1 Å². The number of nitrogens with zero attached hydrogens (tertiary/aromatic N) is 2. The van der Waals surface area contributed by atoms with Gasteiger partial charge in [-0.05, 0) is 13.3 Å². The van der Waals surface area contributed by atoms with Gasteiger partial charge in [0.05, 0.1) is 11.0 Å². The summed E-state index contributed by atoms with van der Waals surface area (Å²) in [6, 6.07) is 1.44. The Labute approximate surface area is 94.0 Å². The van der Waals surface area contributed by atoms with Crippen molar-refractivity contribution >= 4 is 11.5 Å². The van der Waals surface area contributed by atoms with Gasteiger partial charge in [-0.1, -0.05) is 0 Å². The van der Waals surface area contributed by atoms with E-state index in [1.807, 2.05) is 0 Å². The number of terminal acetylenes is 1. The number of pyridine rings is 1. The van der Waals surface area contributed by atoms with Crippen molar-refractivity contribution in [2.45, 2.75) is 19.8 Å². The van der Waals surface area contributed by atoms with E-state index in [2.05, 4.69) is 16.2 Å². The molecule has 1 N–H and O–H groups in total. The summed E-state index contributed by atoms with van der Waals surface area (Å²) in [7, 11) is 0. The van der Waals surface area contributed by atoms with E-state index in [1.54, 1.807) is 6.92 Å². The largest absolute Gasteiger partial charge is 0.370 e. The van der Waals surface area contributed by atoms with Gasteiger partial charge in [0.15, 0.2) is 0 Å². The maximum atomic E-state index is 10.7. The Hall–Kier alpha value is -2.09. The lowest BCUT2D eigenvalue weighted by molar-refractivity contribution is -0.385. The zero-order valence-corrected chi connectivity index (χ0v) is 9.06.